The van der Waals surface area contributed by atoms with Gasteiger partial charge in [-0.25, -0.2) is 14.6 Å². The Bertz CT molecular complexity index is 460. The molecule has 0 saturated heterocycles. The van der Waals surface area contributed by atoms with Crippen LogP contribution in [-0.4, -0.2) is 30.2 Å². The first-order chi connectivity index (χ1) is 7.15. The molecule has 8 heteroatoms. The summed E-state index contributed by atoms with van der Waals surface area (Å²) in [7, 11) is 1.76. The smallest absolute Gasteiger partial charge is 0.221 e. The molecule has 0 aliphatic carbocycles. The van der Waals surface area contributed by atoms with Gasteiger partial charge in [-0.2, -0.15) is 0 Å². The number of nitrogen functional groups attached to an aromatic ring is 1. The molecule has 78 valence electrons. The number of hydrogen-bond donors (Lipinski definition) is 1. The zero-order valence-corrected chi connectivity index (χ0v) is 9.06. The Kier molecular flexibility index (Phi) is 2.50. The molecule has 0 saturated carbocycles. The van der Waals surface area contributed by atoms with Crippen molar-refractivity contribution in [2.24, 2.45) is 7.05 Å². The van der Waals surface area contributed by atoms with Crippen LogP contribution in [0.4, 0.5) is 5.95 Å². The van der Waals surface area contributed by atoms with Gasteiger partial charge in [-0.05, 0) is 35.2 Å². The summed E-state index contributed by atoms with van der Waals surface area (Å²) in [5.41, 5.74) is 6.35. The zero-order chi connectivity index (χ0) is 10.8. The average molecular weight is 223 g/mol. The molecular formula is C7H9N7S. The van der Waals surface area contributed by atoms with E-state index in [4.69, 9.17) is 5.73 Å². The Morgan fingerprint density at radius 1 is 1.40 bits per heavy atom. The summed E-state index contributed by atoms with van der Waals surface area (Å²) in [6.45, 7) is 1.86. The van der Waals surface area contributed by atoms with Gasteiger partial charge in [0.05, 0.1) is 0 Å². The number of nitrogens with zero attached hydrogens (tertiary/aromatic N) is 6. The van der Waals surface area contributed by atoms with E-state index in [1.54, 1.807) is 11.7 Å². The third-order valence-corrected chi connectivity index (χ3v) is 2.57. The highest BCUT2D eigenvalue weighted by Crippen LogP contribution is 2.23. The lowest BCUT2D eigenvalue weighted by molar-refractivity contribution is 0.664. The molecule has 2 aromatic heterocycles. The number of rotatable bonds is 2. The van der Waals surface area contributed by atoms with Crippen molar-refractivity contribution in [1.82, 2.24) is 30.2 Å². The lowest BCUT2D eigenvalue weighted by Crippen LogP contribution is -1.98. The summed E-state index contributed by atoms with van der Waals surface area (Å²) in [6, 6.07) is 1.83. The van der Waals surface area contributed by atoms with Crippen molar-refractivity contribution in [1.29, 1.82) is 0 Å². The van der Waals surface area contributed by atoms with Gasteiger partial charge in [0, 0.05) is 12.7 Å². The van der Waals surface area contributed by atoms with E-state index < -0.39 is 0 Å². The molecule has 2 rings (SSSR count). The van der Waals surface area contributed by atoms with E-state index in [-0.39, 0.29) is 5.95 Å². The van der Waals surface area contributed by atoms with Crippen molar-refractivity contribution in [3.63, 3.8) is 0 Å². The summed E-state index contributed by atoms with van der Waals surface area (Å²) in [6.07, 6.45) is 0. The van der Waals surface area contributed by atoms with Gasteiger partial charge in [0.25, 0.3) is 0 Å². The Morgan fingerprint density at radius 3 is 2.80 bits per heavy atom. The molecule has 0 aromatic carbocycles. The van der Waals surface area contributed by atoms with Crippen molar-refractivity contribution in [3.05, 3.63) is 11.8 Å². The number of nitrogens with two attached hydrogens (primary N) is 1. The van der Waals surface area contributed by atoms with E-state index in [0.29, 0.717) is 5.16 Å². The Hall–Kier alpha value is -1.70. The minimum atomic E-state index is 0.257. The normalized spacial score (nSPS) is 10.5. The van der Waals surface area contributed by atoms with Crippen LogP contribution in [0.5, 0.6) is 0 Å². The van der Waals surface area contributed by atoms with Crippen LogP contribution < -0.4 is 5.73 Å². The topological polar surface area (TPSA) is 95.4 Å². The molecule has 2 N–H and O–H groups in total. The number of aryl methyl sites for hydroxylation is 2. The number of tetrazole rings is 1. The van der Waals surface area contributed by atoms with Crippen LogP contribution >= 0.6 is 11.8 Å². The highest BCUT2D eigenvalue weighted by atomic mass is 32.2. The van der Waals surface area contributed by atoms with Crippen LogP contribution in [0.25, 0.3) is 0 Å². The van der Waals surface area contributed by atoms with E-state index in [1.165, 1.54) is 11.8 Å². The van der Waals surface area contributed by atoms with E-state index in [0.717, 1.165) is 10.7 Å². The summed E-state index contributed by atoms with van der Waals surface area (Å²) >= 11 is 1.34. The quantitative estimate of drug-likeness (QED) is 0.718. The monoisotopic (exact) mass is 223 g/mol. The molecule has 0 amide bonds. The second kappa shape index (κ2) is 3.81. The molecule has 2 heterocycles. The Morgan fingerprint density at radius 2 is 2.20 bits per heavy atom. The molecule has 0 spiro atoms. The molecular weight excluding hydrogens is 214 g/mol. The van der Waals surface area contributed by atoms with Gasteiger partial charge < -0.3 is 5.73 Å². The summed E-state index contributed by atoms with van der Waals surface area (Å²) in [4.78, 5) is 8.05. The van der Waals surface area contributed by atoms with Crippen molar-refractivity contribution < 1.29 is 0 Å². The van der Waals surface area contributed by atoms with Crippen LogP contribution in [0.2, 0.25) is 0 Å². The minimum absolute atomic E-state index is 0.257. The van der Waals surface area contributed by atoms with E-state index in [1.807, 2.05) is 13.0 Å². The highest BCUT2D eigenvalue weighted by molar-refractivity contribution is 7.99. The van der Waals surface area contributed by atoms with Crippen LogP contribution in [0, 0.1) is 6.92 Å². The fourth-order valence-corrected chi connectivity index (χ4v) is 1.82. The molecule has 0 bridgehead atoms. The first-order valence-corrected chi connectivity index (χ1v) is 4.98. The van der Waals surface area contributed by atoms with Gasteiger partial charge in [0.15, 0.2) is 0 Å². The number of anilines is 1. The van der Waals surface area contributed by atoms with Crippen molar-refractivity contribution >= 4 is 17.7 Å². The standard InChI is InChI=1S/C7H9N7S/c1-4-3-5(10-6(8)9-4)15-7-11-12-13-14(7)2/h3H,1-2H3,(H2,8,9,10). The molecule has 15 heavy (non-hydrogen) atoms. The van der Waals surface area contributed by atoms with Crippen LogP contribution in [-0.2, 0) is 7.05 Å². The summed E-state index contributed by atoms with van der Waals surface area (Å²) in [5, 5.41) is 12.5. The van der Waals surface area contributed by atoms with Gasteiger partial charge in [-0.15, -0.1) is 5.10 Å². The van der Waals surface area contributed by atoms with Crippen LogP contribution in [0.15, 0.2) is 16.2 Å². The minimum Gasteiger partial charge on any atom is -0.368 e. The summed E-state index contributed by atoms with van der Waals surface area (Å²) < 4.78 is 1.57. The van der Waals surface area contributed by atoms with Gasteiger partial charge >= 0.3 is 0 Å². The molecule has 0 radical (unpaired) electrons. The SMILES string of the molecule is Cc1cc(Sc2nnnn2C)nc(N)n1. The first-order valence-electron chi connectivity index (χ1n) is 4.16. The van der Waals surface area contributed by atoms with Gasteiger partial charge in [-0.3, -0.25) is 0 Å². The average Bonchev–Trinajstić information content (AvgIpc) is 2.50. The van der Waals surface area contributed by atoms with Crippen molar-refractivity contribution in [2.45, 2.75) is 17.1 Å². The predicted molar refractivity (Wildman–Crippen MR) is 54.1 cm³/mol. The van der Waals surface area contributed by atoms with E-state index >= 15 is 0 Å². The van der Waals surface area contributed by atoms with Crippen LogP contribution in [0.3, 0.4) is 0 Å². The van der Waals surface area contributed by atoms with Crippen molar-refractivity contribution in [3.8, 4) is 0 Å². The fourth-order valence-electron chi connectivity index (χ4n) is 1.02. The third-order valence-electron chi connectivity index (χ3n) is 1.63. The molecule has 0 fully saturated rings. The predicted octanol–water partition coefficient (Wildman–Crippen LogP) is 0.0419. The molecule has 2 aromatic rings. The Balaban J connectivity index is 2.28. The molecule has 0 atom stereocenters. The summed E-state index contributed by atoms with van der Waals surface area (Å²) in [5.74, 6) is 0.257. The largest absolute Gasteiger partial charge is 0.368 e. The number of hydrogen-bond acceptors (Lipinski definition) is 7. The third kappa shape index (κ3) is 2.21. The maximum Gasteiger partial charge on any atom is 0.221 e. The molecule has 0 aliphatic heterocycles. The van der Waals surface area contributed by atoms with E-state index in [2.05, 4.69) is 25.5 Å². The second-order valence-corrected chi connectivity index (χ2v) is 3.88. The molecule has 0 unspecified atom stereocenters. The maximum atomic E-state index is 5.53. The second-order valence-electron chi connectivity index (χ2n) is 2.89. The Labute approximate surface area is 90.1 Å². The fraction of sp³-hybridized carbons (Fsp3) is 0.286. The lowest BCUT2D eigenvalue weighted by atomic mass is 10.5. The van der Waals surface area contributed by atoms with Gasteiger partial charge in [-0.1, -0.05) is 0 Å². The van der Waals surface area contributed by atoms with E-state index in [9.17, 15) is 0 Å². The van der Waals surface area contributed by atoms with Gasteiger partial charge in [0.2, 0.25) is 11.1 Å². The highest BCUT2D eigenvalue weighted by Gasteiger charge is 2.07. The molecule has 0 aliphatic rings. The van der Waals surface area contributed by atoms with Crippen LogP contribution in [0.1, 0.15) is 5.69 Å². The first kappa shape index (κ1) is 9.84. The maximum absolute atomic E-state index is 5.53. The molecule has 7 nitrogen and oxygen atoms in total. The van der Waals surface area contributed by atoms with Gasteiger partial charge in [0.1, 0.15) is 5.03 Å². The number of aromatic nitrogens is 6. The lowest BCUT2D eigenvalue weighted by Gasteiger charge is -2.00. The zero-order valence-electron chi connectivity index (χ0n) is 8.25. The van der Waals surface area contributed by atoms with Crippen molar-refractivity contribution in [2.75, 3.05) is 5.73 Å².